The molecule has 2 aromatic heterocycles. The lowest BCUT2D eigenvalue weighted by atomic mass is 9.72. The van der Waals surface area contributed by atoms with E-state index >= 15 is 0 Å². The molecule has 0 aromatic carbocycles. The van der Waals surface area contributed by atoms with E-state index in [1.54, 1.807) is 13.0 Å². The number of nitrogens with zero attached hydrogens (tertiary/aromatic N) is 6. The Morgan fingerprint density at radius 3 is 2.57 bits per heavy atom. The average molecular weight is 380 g/mol. The topological polar surface area (TPSA) is 87.8 Å². The van der Waals surface area contributed by atoms with Gasteiger partial charge < -0.3 is 9.64 Å². The van der Waals surface area contributed by atoms with Gasteiger partial charge in [-0.3, -0.25) is 4.98 Å². The molecule has 3 rings (SSSR count). The minimum Gasteiger partial charge on any atom is -0.478 e. The molecule has 1 saturated heterocycles. The molecule has 0 amide bonds. The molecular weight excluding hydrogens is 352 g/mol. The maximum atomic E-state index is 9.02. The highest BCUT2D eigenvalue weighted by atomic mass is 16.5. The minimum absolute atomic E-state index is 0.172. The highest BCUT2D eigenvalue weighted by molar-refractivity contribution is 5.36. The van der Waals surface area contributed by atoms with Gasteiger partial charge in [0.2, 0.25) is 5.88 Å². The van der Waals surface area contributed by atoms with Crippen LogP contribution in [0.5, 0.6) is 5.88 Å². The Morgan fingerprint density at radius 2 is 1.93 bits per heavy atom. The van der Waals surface area contributed by atoms with Crippen LogP contribution in [0.2, 0.25) is 0 Å². The van der Waals surface area contributed by atoms with E-state index in [1.807, 2.05) is 25.4 Å². The number of piperidine rings is 1. The lowest BCUT2D eigenvalue weighted by Gasteiger charge is -2.41. The molecule has 1 aliphatic heterocycles. The van der Waals surface area contributed by atoms with E-state index in [2.05, 4.69) is 38.7 Å². The first-order valence-corrected chi connectivity index (χ1v) is 9.79. The quantitative estimate of drug-likeness (QED) is 0.758. The van der Waals surface area contributed by atoms with E-state index < -0.39 is 0 Å². The van der Waals surface area contributed by atoms with E-state index in [4.69, 9.17) is 10.00 Å². The molecule has 0 bridgehead atoms. The van der Waals surface area contributed by atoms with Crippen LogP contribution >= 0.6 is 0 Å². The van der Waals surface area contributed by atoms with Crippen molar-refractivity contribution in [1.82, 2.24) is 19.9 Å². The van der Waals surface area contributed by atoms with E-state index in [1.165, 1.54) is 0 Å². The third-order valence-corrected chi connectivity index (χ3v) is 5.62. The van der Waals surface area contributed by atoms with Crippen LogP contribution in [0.25, 0.3) is 0 Å². The number of ether oxygens (including phenoxy) is 1. The number of hydrogen-bond acceptors (Lipinski definition) is 7. The normalized spacial score (nSPS) is 15.3. The van der Waals surface area contributed by atoms with Crippen LogP contribution in [-0.4, -0.2) is 39.6 Å². The molecule has 0 aliphatic carbocycles. The highest BCUT2D eigenvalue weighted by Gasteiger charge is 2.32. The van der Waals surface area contributed by atoms with Crippen molar-refractivity contribution in [2.45, 2.75) is 47.0 Å². The first-order valence-electron chi connectivity index (χ1n) is 9.79. The van der Waals surface area contributed by atoms with Gasteiger partial charge in [-0.15, -0.1) is 0 Å². The van der Waals surface area contributed by atoms with Crippen molar-refractivity contribution in [3.8, 4) is 11.9 Å². The third-order valence-electron chi connectivity index (χ3n) is 5.62. The van der Waals surface area contributed by atoms with Crippen LogP contribution in [0.3, 0.4) is 0 Å². The predicted octanol–water partition coefficient (Wildman–Crippen LogP) is 3.47. The molecule has 0 unspecified atom stereocenters. The van der Waals surface area contributed by atoms with Crippen molar-refractivity contribution >= 4 is 5.82 Å². The van der Waals surface area contributed by atoms with Crippen molar-refractivity contribution in [2.75, 3.05) is 24.6 Å². The molecule has 0 radical (unpaired) electrons. The van der Waals surface area contributed by atoms with Gasteiger partial charge in [-0.25, -0.2) is 9.97 Å². The molecule has 0 N–H and O–H groups in total. The second-order valence-electron chi connectivity index (χ2n) is 8.11. The molecule has 7 nitrogen and oxygen atoms in total. The number of aryl methyl sites for hydroxylation is 2. The molecule has 0 saturated carbocycles. The van der Waals surface area contributed by atoms with Gasteiger partial charge in [-0.05, 0) is 44.4 Å². The fraction of sp³-hybridized carbons (Fsp3) is 0.571. The summed E-state index contributed by atoms with van der Waals surface area (Å²) in [4.78, 5) is 19.5. The molecule has 148 valence electrons. The fourth-order valence-corrected chi connectivity index (χ4v) is 3.73. The summed E-state index contributed by atoms with van der Waals surface area (Å²) in [5.74, 6) is 2.64. The molecule has 1 fully saturated rings. The predicted molar refractivity (Wildman–Crippen MR) is 107 cm³/mol. The molecule has 7 heteroatoms. The molecule has 2 aromatic rings. The van der Waals surface area contributed by atoms with E-state index in [-0.39, 0.29) is 5.41 Å². The summed E-state index contributed by atoms with van der Waals surface area (Å²) in [5.41, 5.74) is 1.46. The Bertz CT molecular complexity index is 835. The molecular formula is C21H28N6O. The van der Waals surface area contributed by atoms with E-state index in [0.717, 1.165) is 43.9 Å². The number of rotatable bonds is 6. The number of nitriles is 1. The summed E-state index contributed by atoms with van der Waals surface area (Å²) < 4.78 is 5.83. The molecule has 0 spiro atoms. The zero-order valence-corrected chi connectivity index (χ0v) is 17.1. The number of anilines is 1. The molecule has 3 heterocycles. The van der Waals surface area contributed by atoms with Gasteiger partial charge in [0.25, 0.3) is 0 Å². The largest absolute Gasteiger partial charge is 0.478 e. The Hall–Kier alpha value is -2.75. The van der Waals surface area contributed by atoms with Gasteiger partial charge >= 0.3 is 0 Å². The fourth-order valence-electron chi connectivity index (χ4n) is 3.73. The maximum Gasteiger partial charge on any atom is 0.217 e. The van der Waals surface area contributed by atoms with Crippen molar-refractivity contribution in [3.05, 3.63) is 35.7 Å². The van der Waals surface area contributed by atoms with Crippen molar-refractivity contribution in [3.63, 3.8) is 0 Å². The molecule has 1 aliphatic rings. The zero-order chi connectivity index (χ0) is 20.1. The first kappa shape index (κ1) is 20.0. The van der Waals surface area contributed by atoms with Crippen LogP contribution in [0, 0.1) is 36.5 Å². The highest BCUT2D eigenvalue weighted by Crippen LogP contribution is 2.38. The average Bonchev–Trinajstić information content (AvgIpc) is 2.68. The number of aromatic nitrogens is 4. The van der Waals surface area contributed by atoms with Crippen molar-refractivity contribution in [1.29, 1.82) is 5.26 Å². The summed E-state index contributed by atoms with van der Waals surface area (Å²) in [5, 5.41) is 9.02. The van der Waals surface area contributed by atoms with Crippen LogP contribution < -0.4 is 9.64 Å². The van der Waals surface area contributed by atoms with Crippen LogP contribution in [0.15, 0.2) is 18.5 Å². The number of hydrogen-bond donors (Lipinski definition) is 0. The van der Waals surface area contributed by atoms with Crippen molar-refractivity contribution in [2.24, 2.45) is 11.3 Å². The summed E-state index contributed by atoms with van der Waals surface area (Å²) >= 11 is 0. The lowest BCUT2D eigenvalue weighted by Crippen LogP contribution is -2.40. The first-order chi connectivity index (χ1) is 13.4. The molecule has 28 heavy (non-hydrogen) atoms. The Kier molecular flexibility index (Phi) is 6.08. The summed E-state index contributed by atoms with van der Waals surface area (Å²) in [7, 11) is 0. The lowest BCUT2D eigenvalue weighted by molar-refractivity contribution is 0.130. The Balaban J connectivity index is 1.51. The van der Waals surface area contributed by atoms with Gasteiger partial charge in [0.15, 0.2) is 0 Å². The van der Waals surface area contributed by atoms with Crippen LogP contribution in [-0.2, 0) is 0 Å². The van der Waals surface area contributed by atoms with Gasteiger partial charge in [-0.2, -0.15) is 10.2 Å². The summed E-state index contributed by atoms with van der Waals surface area (Å²) in [6, 6.07) is 3.64. The van der Waals surface area contributed by atoms with E-state index in [0.29, 0.717) is 29.9 Å². The molecule has 0 atom stereocenters. The second kappa shape index (κ2) is 8.51. The van der Waals surface area contributed by atoms with Crippen molar-refractivity contribution < 1.29 is 4.74 Å². The van der Waals surface area contributed by atoms with E-state index in [9.17, 15) is 0 Å². The smallest absolute Gasteiger partial charge is 0.217 e. The standard InChI is InChI=1S/C21H28N6O/c1-15-13-24-19(14-23-15)27-8-5-17(6-9-27)21(3,4)7-10-28-20-11-18(12-22)25-16(2)26-20/h11,13-14,17H,5-10H2,1-4H3. The van der Waals surface area contributed by atoms with Gasteiger partial charge in [-0.1, -0.05) is 13.8 Å². The Labute approximate surface area is 166 Å². The summed E-state index contributed by atoms with van der Waals surface area (Å²) in [6.45, 7) is 10.9. The maximum absolute atomic E-state index is 9.02. The minimum atomic E-state index is 0.172. The Morgan fingerprint density at radius 1 is 1.18 bits per heavy atom. The van der Waals surface area contributed by atoms with Gasteiger partial charge in [0.05, 0.1) is 24.7 Å². The van der Waals surface area contributed by atoms with Gasteiger partial charge in [0, 0.05) is 19.2 Å². The SMILES string of the molecule is Cc1cnc(N2CCC(C(C)(C)CCOc3cc(C#N)nc(C)n3)CC2)cn1. The van der Waals surface area contributed by atoms with Crippen LogP contribution in [0.1, 0.15) is 50.3 Å². The van der Waals surface area contributed by atoms with Crippen LogP contribution in [0.4, 0.5) is 5.82 Å². The second-order valence-corrected chi connectivity index (χ2v) is 8.11. The van der Waals surface area contributed by atoms with Gasteiger partial charge in [0.1, 0.15) is 23.4 Å². The third kappa shape index (κ3) is 4.94. The monoisotopic (exact) mass is 380 g/mol. The zero-order valence-electron chi connectivity index (χ0n) is 17.1. The summed E-state index contributed by atoms with van der Waals surface area (Å²) in [6.07, 6.45) is 6.90.